The molecule has 190 valence electrons. The number of rotatable bonds is 7. The molecule has 36 heavy (non-hydrogen) atoms. The second-order valence-corrected chi connectivity index (χ2v) is 13.5. The van der Waals surface area contributed by atoms with E-state index in [9.17, 15) is 31.7 Å². The van der Waals surface area contributed by atoms with Crippen LogP contribution in [-0.2, 0) is 19.9 Å². The number of carbonyl (C=O) groups excluding carboxylic acids is 1. The number of sulfone groups is 1. The number of aromatic nitrogens is 1. The van der Waals surface area contributed by atoms with Crippen molar-refractivity contribution in [3.05, 3.63) is 70.4 Å². The zero-order chi connectivity index (χ0) is 26.1. The Morgan fingerprint density at radius 3 is 2.33 bits per heavy atom. The summed E-state index contributed by atoms with van der Waals surface area (Å²) < 4.78 is 52.7. The van der Waals surface area contributed by atoms with Crippen LogP contribution >= 0.6 is 11.3 Å². The molecule has 1 N–H and O–H groups in total. The number of nitrogens with one attached hydrogen (secondary N) is 1. The van der Waals surface area contributed by atoms with E-state index in [1.54, 1.807) is 0 Å². The number of hydrogen-bond donors (Lipinski definition) is 1. The number of sulfonamides is 1. The van der Waals surface area contributed by atoms with Crippen molar-refractivity contribution in [1.29, 1.82) is 0 Å². The number of thiazole rings is 1. The van der Waals surface area contributed by atoms with Crippen molar-refractivity contribution in [3.63, 3.8) is 0 Å². The standard InChI is InChI=1S/C22H22N4O7S3/c1-15-3-2-12-25(14-15)36(32,33)19-8-4-16(5-9-19)21(27)24-22-23-13-20(34-22)35(30,31)18-10-6-17(7-11-18)26(28)29/h4-11,13,15H,2-3,12,14H2,1H3,(H,23,24,27). The summed E-state index contributed by atoms with van der Waals surface area (Å²) in [6, 6.07) is 9.96. The molecule has 1 aromatic heterocycles. The summed E-state index contributed by atoms with van der Waals surface area (Å²) in [7, 11) is -7.64. The monoisotopic (exact) mass is 550 g/mol. The largest absolute Gasteiger partial charge is 0.298 e. The molecule has 1 saturated heterocycles. The summed E-state index contributed by atoms with van der Waals surface area (Å²) in [5.41, 5.74) is -0.0635. The SMILES string of the molecule is CC1CCCN(S(=O)(=O)c2ccc(C(=O)Nc3ncc(S(=O)(=O)c4ccc([N+](=O)[O-])cc4)s3)cc2)C1. The maximum Gasteiger partial charge on any atom is 0.269 e. The molecule has 11 nitrogen and oxygen atoms in total. The van der Waals surface area contributed by atoms with Crippen LogP contribution in [0, 0.1) is 16.0 Å². The number of amides is 1. The highest BCUT2D eigenvalue weighted by molar-refractivity contribution is 7.93. The van der Waals surface area contributed by atoms with Crippen LogP contribution in [0.4, 0.5) is 10.8 Å². The number of non-ortho nitro benzene ring substituents is 1. The maximum absolute atomic E-state index is 12.9. The van der Waals surface area contributed by atoms with Gasteiger partial charge in [-0.15, -0.1) is 0 Å². The van der Waals surface area contributed by atoms with Gasteiger partial charge in [0.05, 0.1) is 20.9 Å². The molecule has 3 aromatic rings. The molecule has 4 rings (SSSR count). The first-order valence-electron chi connectivity index (χ1n) is 10.9. The Hall–Kier alpha value is -3.20. The lowest BCUT2D eigenvalue weighted by molar-refractivity contribution is -0.384. The molecule has 1 aliphatic heterocycles. The van der Waals surface area contributed by atoms with E-state index in [4.69, 9.17) is 0 Å². The molecule has 0 aliphatic carbocycles. The van der Waals surface area contributed by atoms with Gasteiger partial charge in [0, 0.05) is 30.8 Å². The Kier molecular flexibility index (Phi) is 7.22. The highest BCUT2D eigenvalue weighted by Gasteiger charge is 2.29. The van der Waals surface area contributed by atoms with Gasteiger partial charge in [-0.2, -0.15) is 4.31 Å². The van der Waals surface area contributed by atoms with E-state index in [-0.39, 0.29) is 36.3 Å². The van der Waals surface area contributed by atoms with E-state index in [0.717, 1.165) is 54.6 Å². The zero-order valence-electron chi connectivity index (χ0n) is 19.0. The van der Waals surface area contributed by atoms with Crippen LogP contribution in [-0.4, -0.2) is 50.0 Å². The lowest BCUT2D eigenvalue weighted by Gasteiger charge is -2.30. The number of nitro benzene ring substituents is 1. The van der Waals surface area contributed by atoms with Gasteiger partial charge >= 0.3 is 0 Å². The molecule has 0 spiro atoms. The molecule has 14 heteroatoms. The predicted octanol–water partition coefficient (Wildman–Crippen LogP) is 3.56. The fourth-order valence-electron chi connectivity index (χ4n) is 3.77. The van der Waals surface area contributed by atoms with E-state index >= 15 is 0 Å². The van der Waals surface area contributed by atoms with Crippen LogP contribution in [0.1, 0.15) is 30.1 Å². The third-order valence-corrected chi connectivity index (χ3v) is 10.7. The highest BCUT2D eigenvalue weighted by atomic mass is 32.2. The summed E-state index contributed by atoms with van der Waals surface area (Å²) in [6.45, 7) is 2.93. The average molecular weight is 551 g/mol. The summed E-state index contributed by atoms with van der Waals surface area (Å²) in [5, 5.41) is 13.3. The number of benzene rings is 2. The van der Waals surface area contributed by atoms with Crippen molar-refractivity contribution < 1.29 is 26.6 Å². The number of piperidine rings is 1. The molecule has 0 saturated carbocycles. The Balaban J connectivity index is 1.46. The van der Waals surface area contributed by atoms with Crippen LogP contribution in [0.3, 0.4) is 0 Å². The lowest BCUT2D eigenvalue weighted by Crippen LogP contribution is -2.39. The van der Waals surface area contributed by atoms with E-state index < -0.39 is 30.7 Å². The van der Waals surface area contributed by atoms with Gasteiger partial charge in [-0.05, 0) is 55.2 Å². The summed E-state index contributed by atoms with van der Waals surface area (Å²) in [6.07, 6.45) is 2.88. The summed E-state index contributed by atoms with van der Waals surface area (Å²) in [4.78, 5) is 26.7. The second-order valence-electron chi connectivity index (χ2n) is 8.33. The summed E-state index contributed by atoms with van der Waals surface area (Å²) in [5.74, 6) is -0.301. The van der Waals surface area contributed by atoms with E-state index in [0.29, 0.717) is 13.1 Å². The van der Waals surface area contributed by atoms with Crippen LogP contribution in [0.15, 0.2) is 68.7 Å². The van der Waals surface area contributed by atoms with Crippen molar-refractivity contribution in [3.8, 4) is 0 Å². The molecule has 1 fully saturated rings. The summed E-state index contributed by atoms with van der Waals surface area (Å²) >= 11 is 0.727. The minimum atomic E-state index is -3.99. The van der Waals surface area contributed by atoms with E-state index in [1.807, 2.05) is 6.92 Å². The van der Waals surface area contributed by atoms with Crippen molar-refractivity contribution in [2.24, 2.45) is 5.92 Å². The molecule has 0 bridgehead atoms. The molecule has 1 amide bonds. The predicted molar refractivity (Wildman–Crippen MR) is 132 cm³/mol. The number of anilines is 1. The first-order chi connectivity index (χ1) is 17.0. The second kappa shape index (κ2) is 10.0. The van der Waals surface area contributed by atoms with Crippen LogP contribution < -0.4 is 5.32 Å². The first kappa shape index (κ1) is 25.9. The lowest BCUT2D eigenvalue weighted by atomic mass is 10.0. The Labute approximate surface area is 211 Å². The highest BCUT2D eigenvalue weighted by Crippen LogP contribution is 2.30. The van der Waals surface area contributed by atoms with Crippen LogP contribution in [0.2, 0.25) is 0 Å². The average Bonchev–Trinajstić information content (AvgIpc) is 3.33. The molecule has 1 unspecified atom stereocenters. The Bertz CT molecular complexity index is 1500. The van der Waals surface area contributed by atoms with Crippen LogP contribution in [0.25, 0.3) is 0 Å². The van der Waals surface area contributed by atoms with Gasteiger partial charge in [0.25, 0.3) is 11.6 Å². The molecule has 0 radical (unpaired) electrons. The van der Waals surface area contributed by atoms with Gasteiger partial charge < -0.3 is 0 Å². The molecular weight excluding hydrogens is 528 g/mol. The first-order valence-corrected chi connectivity index (χ1v) is 14.6. The molecule has 1 aliphatic rings. The fourth-order valence-corrected chi connectivity index (χ4v) is 7.79. The number of nitro groups is 1. The van der Waals surface area contributed by atoms with E-state index in [1.165, 1.54) is 28.6 Å². The molecule has 1 atom stereocenters. The number of nitrogens with zero attached hydrogens (tertiary/aromatic N) is 3. The van der Waals surface area contributed by atoms with Gasteiger partial charge in [-0.1, -0.05) is 18.3 Å². The number of carbonyl (C=O) groups is 1. The fraction of sp³-hybridized carbons (Fsp3) is 0.273. The maximum atomic E-state index is 12.9. The smallest absolute Gasteiger partial charge is 0.269 e. The van der Waals surface area contributed by atoms with Crippen molar-refractivity contribution in [2.75, 3.05) is 18.4 Å². The third kappa shape index (κ3) is 5.31. The Morgan fingerprint density at radius 2 is 1.72 bits per heavy atom. The van der Waals surface area contributed by atoms with Gasteiger partial charge in [-0.25, -0.2) is 21.8 Å². The quantitative estimate of drug-likeness (QED) is 0.346. The molecular formula is C22H22N4O7S3. The van der Waals surface area contributed by atoms with E-state index in [2.05, 4.69) is 10.3 Å². The van der Waals surface area contributed by atoms with Crippen molar-refractivity contribution in [2.45, 2.75) is 33.8 Å². The molecule has 2 heterocycles. The van der Waals surface area contributed by atoms with Crippen molar-refractivity contribution >= 4 is 47.9 Å². The minimum Gasteiger partial charge on any atom is -0.298 e. The van der Waals surface area contributed by atoms with Gasteiger partial charge in [-0.3, -0.25) is 20.2 Å². The van der Waals surface area contributed by atoms with Gasteiger partial charge in [0.2, 0.25) is 19.9 Å². The van der Waals surface area contributed by atoms with Crippen LogP contribution in [0.5, 0.6) is 0 Å². The molecule has 2 aromatic carbocycles. The third-order valence-electron chi connectivity index (χ3n) is 5.70. The Morgan fingerprint density at radius 1 is 1.08 bits per heavy atom. The van der Waals surface area contributed by atoms with Crippen molar-refractivity contribution in [1.82, 2.24) is 9.29 Å². The van der Waals surface area contributed by atoms with Gasteiger partial charge in [0.15, 0.2) is 5.13 Å². The minimum absolute atomic E-state index is 0.0273. The normalized spacial score (nSPS) is 17.0. The number of hydrogen-bond acceptors (Lipinski definition) is 9. The zero-order valence-corrected chi connectivity index (χ0v) is 21.5. The topological polar surface area (TPSA) is 157 Å². The van der Waals surface area contributed by atoms with Gasteiger partial charge in [0.1, 0.15) is 4.21 Å².